The Morgan fingerprint density at radius 1 is 1.36 bits per heavy atom. The van der Waals surface area contributed by atoms with E-state index in [1.54, 1.807) is 0 Å². The van der Waals surface area contributed by atoms with Crippen molar-refractivity contribution in [3.63, 3.8) is 0 Å². The van der Waals surface area contributed by atoms with Gasteiger partial charge in [0.05, 0.1) is 5.56 Å². The Balaban J connectivity index is 3.32. The molecule has 76 valence electrons. The third-order valence-electron chi connectivity index (χ3n) is 1.69. The second-order valence-corrected chi connectivity index (χ2v) is 2.61. The van der Waals surface area contributed by atoms with Crippen LogP contribution in [0.15, 0.2) is 12.1 Å². The number of hydrogen-bond acceptors (Lipinski definition) is 3. The molecule has 0 heterocycles. The second-order valence-electron chi connectivity index (χ2n) is 2.61. The second kappa shape index (κ2) is 3.59. The van der Waals surface area contributed by atoms with Crippen LogP contribution in [0, 0.1) is 11.6 Å². The molecule has 14 heavy (non-hydrogen) atoms. The Bertz CT molecular complexity index is 381. The average Bonchev–Trinajstić information content (AvgIpc) is 2.12. The highest BCUT2D eigenvalue weighted by atomic mass is 19.1. The van der Waals surface area contributed by atoms with Crippen molar-refractivity contribution in [1.82, 2.24) is 0 Å². The molecule has 1 rings (SSSR count). The molecule has 6 heteroatoms. The third kappa shape index (κ3) is 1.64. The molecule has 4 N–H and O–H groups in total. The standard InChI is InChI=1S/C8H7F2NO3/c9-3-1-2-4(10)7(12)5(3)6(11)8(13)14/h1-2,6,12H,11H2,(H,13,14)/t6-/m1/s1. The van der Waals surface area contributed by atoms with Crippen molar-refractivity contribution < 1.29 is 23.8 Å². The van der Waals surface area contributed by atoms with Crippen LogP contribution < -0.4 is 5.73 Å². The minimum atomic E-state index is -1.79. The molecule has 1 atom stereocenters. The lowest BCUT2D eigenvalue weighted by Gasteiger charge is -2.10. The summed E-state index contributed by atoms with van der Waals surface area (Å²) < 4.78 is 25.7. The third-order valence-corrected chi connectivity index (χ3v) is 1.69. The monoisotopic (exact) mass is 203 g/mol. The van der Waals surface area contributed by atoms with E-state index in [9.17, 15) is 13.6 Å². The minimum absolute atomic E-state index is 0.683. The lowest BCUT2D eigenvalue weighted by atomic mass is 10.1. The molecule has 1 aromatic carbocycles. The van der Waals surface area contributed by atoms with Crippen LogP contribution in [0.3, 0.4) is 0 Å². The number of halogens is 2. The molecule has 0 aliphatic carbocycles. The lowest BCUT2D eigenvalue weighted by molar-refractivity contribution is -0.138. The van der Waals surface area contributed by atoms with E-state index in [0.717, 1.165) is 0 Å². The van der Waals surface area contributed by atoms with Gasteiger partial charge in [0.1, 0.15) is 11.9 Å². The zero-order valence-electron chi connectivity index (χ0n) is 6.87. The fourth-order valence-corrected chi connectivity index (χ4v) is 0.976. The number of rotatable bonds is 2. The zero-order valence-corrected chi connectivity index (χ0v) is 6.87. The molecule has 1 aromatic rings. The molecular weight excluding hydrogens is 196 g/mol. The van der Waals surface area contributed by atoms with Crippen LogP contribution in [0.25, 0.3) is 0 Å². The van der Waals surface area contributed by atoms with Crippen molar-refractivity contribution in [3.05, 3.63) is 29.3 Å². The molecule has 0 aliphatic rings. The van der Waals surface area contributed by atoms with Crippen molar-refractivity contribution >= 4 is 5.97 Å². The van der Waals surface area contributed by atoms with E-state index in [1.165, 1.54) is 0 Å². The van der Waals surface area contributed by atoms with Gasteiger partial charge in [-0.2, -0.15) is 0 Å². The topological polar surface area (TPSA) is 83.6 Å². The largest absolute Gasteiger partial charge is 0.505 e. The van der Waals surface area contributed by atoms with Gasteiger partial charge in [0.15, 0.2) is 11.6 Å². The van der Waals surface area contributed by atoms with E-state index >= 15 is 0 Å². The highest BCUT2D eigenvalue weighted by molar-refractivity contribution is 5.76. The summed E-state index contributed by atoms with van der Waals surface area (Å²) in [5, 5.41) is 17.5. The van der Waals surface area contributed by atoms with Crippen LogP contribution in [-0.4, -0.2) is 16.2 Å². The van der Waals surface area contributed by atoms with Crippen LogP contribution >= 0.6 is 0 Å². The number of carboxylic acid groups (broad SMARTS) is 1. The van der Waals surface area contributed by atoms with Crippen LogP contribution in [0.5, 0.6) is 5.75 Å². The highest BCUT2D eigenvalue weighted by Crippen LogP contribution is 2.28. The fourth-order valence-electron chi connectivity index (χ4n) is 0.976. The number of phenols is 1. The van der Waals surface area contributed by atoms with Gasteiger partial charge in [0.25, 0.3) is 0 Å². The van der Waals surface area contributed by atoms with Gasteiger partial charge in [-0.25, -0.2) is 8.78 Å². The van der Waals surface area contributed by atoms with Gasteiger partial charge < -0.3 is 15.9 Å². The first-order chi connectivity index (χ1) is 6.45. The minimum Gasteiger partial charge on any atom is -0.505 e. The number of aliphatic carboxylic acids is 1. The van der Waals surface area contributed by atoms with E-state index in [2.05, 4.69) is 0 Å². The molecule has 0 bridgehead atoms. The summed E-state index contributed by atoms with van der Waals surface area (Å²) in [6.45, 7) is 0. The molecule has 4 nitrogen and oxygen atoms in total. The van der Waals surface area contributed by atoms with Crippen molar-refractivity contribution in [3.8, 4) is 5.75 Å². The maximum atomic E-state index is 13.0. The van der Waals surface area contributed by atoms with Gasteiger partial charge >= 0.3 is 5.97 Å². The molecule has 0 aromatic heterocycles. The number of benzene rings is 1. The van der Waals surface area contributed by atoms with E-state index in [4.69, 9.17) is 15.9 Å². The Labute approximate surface area is 77.6 Å². The summed E-state index contributed by atoms with van der Waals surface area (Å²) in [5.41, 5.74) is 4.29. The van der Waals surface area contributed by atoms with Gasteiger partial charge in [-0.15, -0.1) is 0 Å². The van der Waals surface area contributed by atoms with Gasteiger partial charge in [0, 0.05) is 0 Å². The first-order valence-corrected chi connectivity index (χ1v) is 3.60. The summed E-state index contributed by atoms with van der Waals surface area (Å²) in [4.78, 5) is 10.4. The Kier molecular flexibility index (Phi) is 2.66. The summed E-state index contributed by atoms with van der Waals surface area (Å²) >= 11 is 0. The number of carboxylic acids is 1. The number of phenolic OH excluding ortho intramolecular Hbond substituents is 1. The number of nitrogens with two attached hydrogens (primary N) is 1. The van der Waals surface area contributed by atoms with E-state index in [1.807, 2.05) is 0 Å². The first kappa shape index (κ1) is 10.4. The number of carbonyl (C=O) groups is 1. The predicted octanol–water partition coefficient (Wildman–Crippen LogP) is 0.755. The Morgan fingerprint density at radius 2 is 1.86 bits per heavy atom. The van der Waals surface area contributed by atoms with Crippen molar-refractivity contribution in [1.29, 1.82) is 0 Å². The van der Waals surface area contributed by atoms with Gasteiger partial charge in [-0.05, 0) is 12.1 Å². The average molecular weight is 203 g/mol. The van der Waals surface area contributed by atoms with Gasteiger partial charge in [-0.3, -0.25) is 4.79 Å². The van der Waals surface area contributed by atoms with Crippen LogP contribution in [-0.2, 0) is 4.79 Å². The van der Waals surface area contributed by atoms with E-state index < -0.39 is 35.0 Å². The summed E-state index contributed by atoms with van der Waals surface area (Å²) in [6.07, 6.45) is 0. The number of aromatic hydroxyl groups is 1. The maximum Gasteiger partial charge on any atom is 0.325 e. The van der Waals surface area contributed by atoms with Crippen molar-refractivity contribution in [2.24, 2.45) is 5.73 Å². The predicted molar refractivity (Wildman–Crippen MR) is 42.6 cm³/mol. The molecule has 0 unspecified atom stereocenters. The Hall–Kier alpha value is -1.69. The normalized spacial score (nSPS) is 12.5. The summed E-state index contributed by atoms with van der Waals surface area (Å²) in [6, 6.07) is -0.402. The summed E-state index contributed by atoms with van der Waals surface area (Å²) in [5.74, 6) is -4.79. The molecule has 0 saturated carbocycles. The molecular formula is C8H7F2NO3. The molecule has 0 aliphatic heterocycles. The summed E-state index contributed by atoms with van der Waals surface area (Å²) in [7, 11) is 0. The molecule has 0 spiro atoms. The SMILES string of the molecule is N[C@@H](C(=O)O)c1c(F)ccc(F)c1O. The Morgan fingerprint density at radius 3 is 2.36 bits per heavy atom. The smallest absolute Gasteiger partial charge is 0.325 e. The van der Waals surface area contributed by atoms with Crippen LogP contribution in [0.2, 0.25) is 0 Å². The number of hydrogen-bond donors (Lipinski definition) is 3. The maximum absolute atomic E-state index is 13.0. The quantitative estimate of drug-likeness (QED) is 0.662. The highest BCUT2D eigenvalue weighted by Gasteiger charge is 2.24. The molecule has 0 saturated heterocycles. The van der Waals surface area contributed by atoms with Crippen molar-refractivity contribution in [2.75, 3.05) is 0 Å². The molecule has 0 radical (unpaired) electrons. The van der Waals surface area contributed by atoms with Gasteiger partial charge in [-0.1, -0.05) is 0 Å². The van der Waals surface area contributed by atoms with Crippen LogP contribution in [0.1, 0.15) is 11.6 Å². The zero-order chi connectivity index (χ0) is 10.9. The van der Waals surface area contributed by atoms with E-state index in [-0.39, 0.29) is 0 Å². The lowest BCUT2D eigenvalue weighted by Crippen LogP contribution is -2.22. The first-order valence-electron chi connectivity index (χ1n) is 3.60. The molecule has 0 fully saturated rings. The molecule has 0 amide bonds. The van der Waals surface area contributed by atoms with Crippen LogP contribution in [0.4, 0.5) is 8.78 Å². The van der Waals surface area contributed by atoms with E-state index in [0.29, 0.717) is 12.1 Å². The fraction of sp³-hybridized carbons (Fsp3) is 0.125. The van der Waals surface area contributed by atoms with Crippen molar-refractivity contribution in [2.45, 2.75) is 6.04 Å². The van der Waals surface area contributed by atoms with Gasteiger partial charge in [0.2, 0.25) is 0 Å².